The van der Waals surface area contributed by atoms with E-state index < -0.39 is 23.9 Å². The maximum atomic E-state index is 12.8. The molecule has 2 atom stereocenters. The number of alkyl halides is 3. The minimum absolute atomic E-state index is 0.0781. The lowest BCUT2D eigenvalue weighted by molar-refractivity contribution is -0.198. The third-order valence-electron chi connectivity index (χ3n) is 3.70. The van der Waals surface area contributed by atoms with Gasteiger partial charge in [0.05, 0.1) is 5.92 Å². The minimum Gasteiger partial charge on any atom is -0.356 e. The number of unbranched alkanes of at least 4 members (excludes halogenated alkanes) is 2. The SMILES string of the molecule is NCCCCCNC(=O)C1CCCCC1C(F)(F)F. The summed E-state index contributed by atoms with van der Waals surface area (Å²) in [6.07, 6.45) is -0.0290. The fourth-order valence-electron chi connectivity index (χ4n) is 2.63. The summed E-state index contributed by atoms with van der Waals surface area (Å²) < 4.78 is 38.5. The van der Waals surface area contributed by atoms with E-state index >= 15 is 0 Å². The molecule has 0 aromatic carbocycles. The molecule has 1 amide bonds. The molecule has 0 bridgehead atoms. The zero-order chi connectivity index (χ0) is 14.3. The lowest BCUT2D eigenvalue weighted by atomic mass is 9.78. The summed E-state index contributed by atoms with van der Waals surface area (Å²) in [6, 6.07) is 0. The normalized spacial score (nSPS) is 24.2. The van der Waals surface area contributed by atoms with E-state index in [4.69, 9.17) is 5.73 Å². The van der Waals surface area contributed by atoms with Gasteiger partial charge in [0.2, 0.25) is 5.91 Å². The largest absolute Gasteiger partial charge is 0.392 e. The number of nitrogens with one attached hydrogen (secondary N) is 1. The van der Waals surface area contributed by atoms with Crippen LogP contribution in [0.3, 0.4) is 0 Å². The predicted molar refractivity (Wildman–Crippen MR) is 67.4 cm³/mol. The standard InChI is InChI=1S/C13H23F3N2O/c14-13(15,16)11-7-3-2-6-10(11)12(19)18-9-5-1-4-8-17/h10-11H,1-9,17H2,(H,18,19). The number of nitrogens with two attached hydrogens (primary N) is 1. The number of carbonyl (C=O) groups is 1. The van der Waals surface area contributed by atoms with Crippen LogP contribution in [0.2, 0.25) is 0 Å². The highest BCUT2D eigenvalue weighted by Crippen LogP contribution is 2.41. The van der Waals surface area contributed by atoms with E-state index in [9.17, 15) is 18.0 Å². The summed E-state index contributed by atoms with van der Waals surface area (Å²) in [5, 5.41) is 2.63. The smallest absolute Gasteiger partial charge is 0.356 e. The lowest BCUT2D eigenvalue weighted by Gasteiger charge is -2.32. The first kappa shape index (κ1) is 16.3. The van der Waals surface area contributed by atoms with Crippen molar-refractivity contribution in [1.29, 1.82) is 0 Å². The summed E-state index contributed by atoms with van der Waals surface area (Å²) in [4.78, 5) is 11.9. The van der Waals surface area contributed by atoms with Crippen LogP contribution in [0.25, 0.3) is 0 Å². The average molecular weight is 280 g/mol. The Kier molecular flexibility index (Phi) is 6.62. The Morgan fingerprint density at radius 2 is 1.84 bits per heavy atom. The van der Waals surface area contributed by atoms with Crippen molar-refractivity contribution < 1.29 is 18.0 Å². The monoisotopic (exact) mass is 280 g/mol. The van der Waals surface area contributed by atoms with Gasteiger partial charge in [-0.15, -0.1) is 0 Å². The van der Waals surface area contributed by atoms with Crippen LogP contribution in [-0.2, 0) is 4.79 Å². The third kappa shape index (κ3) is 5.38. The van der Waals surface area contributed by atoms with Crippen LogP contribution in [0, 0.1) is 11.8 Å². The first-order valence-corrected chi connectivity index (χ1v) is 7.01. The Balaban J connectivity index is 2.40. The minimum atomic E-state index is -4.26. The van der Waals surface area contributed by atoms with Crippen LogP contribution in [-0.4, -0.2) is 25.2 Å². The highest BCUT2D eigenvalue weighted by atomic mass is 19.4. The van der Waals surface area contributed by atoms with E-state index in [-0.39, 0.29) is 6.42 Å². The van der Waals surface area contributed by atoms with Crippen molar-refractivity contribution in [3.8, 4) is 0 Å². The van der Waals surface area contributed by atoms with Crippen molar-refractivity contribution in [1.82, 2.24) is 5.32 Å². The van der Waals surface area contributed by atoms with E-state index in [0.717, 1.165) is 19.3 Å². The van der Waals surface area contributed by atoms with E-state index in [1.54, 1.807) is 0 Å². The Bertz CT molecular complexity index is 282. The van der Waals surface area contributed by atoms with Crippen molar-refractivity contribution >= 4 is 5.91 Å². The summed E-state index contributed by atoms with van der Waals surface area (Å²) in [5.74, 6) is -2.80. The zero-order valence-electron chi connectivity index (χ0n) is 11.1. The molecule has 19 heavy (non-hydrogen) atoms. The van der Waals surface area contributed by atoms with Crippen molar-refractivity contribution in [3.05, 3.63) is 0 Å². The molecule has 0 saturated heterocycles. The zero-order valence-corrected chi connectivity index (χ0v) is 11.1. The Hall–Kier alpha value is -0.780. The molecule has 0 spiro atoms. The summed E-state index contributed by atoms with van der Waals surface area (Å²) in [7, 11) is 0. The van der Waals surface area contributed by atoms with Gasteiger partial charge in [-0.25, -0.2) is 0 Å². The first-order valence-electron chi connectivity index (χ1n) is 7.01. The molecule has 2 unspecified atom stereocenters. The number of amides is 1. The van der Waals surface area contributed by atoms with Crippen molar-refractivity contribution in [2.45, 2.75) is 51.1 Å². The molecule has 1 aliphatic rings. The van der Waals surface area contributed by atoms with Crippen molar-refractivity contribution in [3.63, 3.8) is 0 Å². The van der Waals surface area contributed by atoms with Crippen LogP contribution in [0.15, 0.2) is 0 Å². The molecular formula is C13H23F3N2O. The molecule has 1 rings (SSSR count). The van der Waals surface area contributed by atoms with Gasteiger partial charge >= 0.3 is 6.18 Å². The van der Waals surface area contributed by atoms with E-state index in [1.165, 1.54) is 0 Å². The highest BCUT2D eigenvalue weighted by Gasteiger charge is 2.47. The van der Waals surface area contributed by atoms with Crippen LogP contribution >= 0.6 is 0 Å². The van der Waals surface area contributed by atoms with Crippen LogP contribution in [0.4, 0.5) is 13.2 Å². The topological polar surface area (TPSA) is 55.1 Å². The summed E-state index contributed by atoms with van der Waals surface area (Å²) in [5.41, 5.74) is 5.34. The van der Waals surface area contributed by atoms with Gasteiger partial charge in [0.1, 0.15) is 0 Å². The Morgan fingerprint density at radius 1 is 1.16 bits per heavy atom. The molecule has 0 radical (unpaired) electrons. The van der Waals surface area contributed by atoms with Crippen LogP contribution < -0.4 is 11.1 Å². The van der Waals surface area contributed by atoms with E-state index in [2.05, 4.69) is 5.32 Å². The molecule has 0 aromatic heterocycles. The molecule has 1 fully saturated rings. The molecule has 1 saturated carbocycles. The molecular weight excluding hydrogens is 257 g/mol. The molecule has 0 aromatic rings. The van der Waals surface area contributed by atoms with Gasteiger partial charge < -0.3 is 11.1 Å². The highest BCUT2D eigenvalue weighted by molar-refractivity contribution is 5.79. The quantitative estimate of drug-likeness (QED) is 0.735. The van der Waals surface area contributed by atoms with Gasteiger partial charge in [0.25, 0.3) is 0 Å². The van der Waals surface area contributed by atoms with Gasteiger partial charge in [-0.05, 0) is 32.2 Å². The molecule has 0 aliphatic heterocycles. The van der Waals surface area contributed by atoms with Crippen LogP contribution in [0.5, 0.6) is 0 Å². The third-order valence-corrected chi connectivity index (χ3v) is 3.70. The maximum Gasteiger partial charge on any atom is 0.392 e. The number of carbonyl (C=O) groups excluding carboxylic acids is 1. The van der Waals surface area contributed by atoms with Crippen molar-refractivity contribution in [2.24, 2.45) is 17.6 Å². The second-order valence-corrected chi connectivity index (χ2v) is 5.18. The van der Waals surface area contributed by atoms with Crippen molar-refractivity contribution in [2.75, 3.05) is 13.1 Å². The van der Waals surface area contributed by atoms with Gasteiger partial charge in [0.15, 0.2) is 0 Å². The second-order valence-electron chi connectivity index (χ2n) is 5.18. The maximum absolute atomic E-state index is 12.8. The van der Waals surface area contributed by atoms with Gasteiger partial charge in [-0.1, -0.05) is 19.3 Å². The average Bonchev–Trinajstić information content (AvgIpc) is 2.37. The number of rotatable bonds is 6. The summed E-state index contributed by atoms with van der Waals surface area (Å²) >= 11 is 0. The Labute approximate surface area is 112 Å². The van der Waals surface area contributed by atoms with E-state index in [0.29, 0.717) is 32.4 Å². The Morgan fingerprint density at radius 3 is 2.47 bits per heavy atom. The molecule has 0 heterocycles. The molecule has 3 N–H and O–H groups in total. The molecule has 112 valence electrons. The predicted octanol–water partition coefficient (Wildman–Crippen LogP) is 2.60. The number of hydrogen-bond acceptors (Lipinski definition) is 2. The summed E-state index contributed by atoms with van der Waals surface area (Å²) in [6.45, 7) is 1.05. The van der Waals surface area contributed by atoms with E-state index in [1.807, 2.05) is 0 Å². The fraction of sp³-hybridized carbons (Fsp3) is 0.923. The van der Waals surface area contributed by atoms with Crippen LogP contribution in [0.1, 0.15) is 44.9 Å². The van der Waals surface area contributed by atoms with Gasteiger partial charge in [-0.3, -0.25) is 4.79 Å². The van der Waals surface area contributed by atoms with Gasteiger partial charge in [0, 0.05) is 12.5 Å². The molecule has 3 nitrogen and oxygen atoms in total. The number of hydrogen-bond donors (Lipinski definition) is 2. The second kappa shape index (κ2) is 7.72. The first-order chi connectivity index (χ1) is 8.96. The molecule has 6 heteroatoms. The fourth-order valence-corrected chi connectivity index (χ4v) is 2.63. The molecule has 1 aliphatic carbocycles. The lowest BCUT2D eigenvalue weighted by Crippen LogP contribution is -2.42. The van der Waals surface area contributed by atoms with Gasteiger partial charge in [-0.2, -0.15) is 13.2 Å². The number of halogens is 3.